The van der Waals surface area contributed by atoms with Gasteiger partial charge in [-0.2, -0.15) is 10.2 Å². The van der Waals surface area contributed by atoms with Gasteiger partial charge >= 0.3 is 0 Å². The van der Waals surface area contributed by atoms with Crippen LogP contribution in [0.3, 0.4) is 0 Å². The van der Waals surface area contributed by atoms with Gasteiger partial charge in [-0.1, -0.05) is 36.4 Å². The summed E-state index contributed by atoms with van der Waals surface area (Å²) in [6.45, 7) is 3.69. The summed E-state index contributed by atoms with van der Waals surface area (Å²) in [6.07, 6.45) is 6.35. The van der Waals surface area contributed by atoms with Gasteiger partial charge in [0.15, 0.2) is 0 Å². The molecule has 7 heteroatoms. The fourth-order valence-corrected chi connectivity index (χ4v) is 4.50. The van der Waals surface area contributed by atoms with Crippen molar-refractivity contribution in [1.82, 2.24) is 19.6 Å². The van der Waals surface area contributed by atoms with E-state index in [-0.39, 0.29) is 11.9 Å². The number of fused-ring (bicyclic) bond motifs is 1. The number of aryl methyl sites for hydroxylation is 2. The fourth-order valence-electron chi connectivity index (χ4n) is 4.50. The van der Waals surface area contributed by atoms with E-state index in [1.807, 2.05) is 17.7 Å². The summed E-state index contributed by atoms with van der Waals surface area (Å²) in [5.41, 5.74) is 4.74. The Labute approximate surface area is 185 Å². The monoisotopic (exact) mass is 429 g/mol. The molecule has 0 spiro atoms. The third kappa shape index (κ3) is 3.39. The molecule has 1 amide bonds. The highest BCUT2D eigenvalue weighted by Crippen LogP contribution is 2.35. The molecule has 0 aliphatic heterocycles. The highest BCUT2D eigenvalue weighted by molar-refractivity contribution is 6.04. The topological polar surface area (TPSA) is 64.7 Å². The minimum Gasteiger partial charge on any atom is -0.306 e. The summed E-state index contributed by atoms with van der Waals surface area (Å²) in [7, 11) is 0. The minimum absolute atomic E-state index is 0.0752. The van der Waals surface area contributed by atoms with Gasteiger partial charge < -0.3 is 5.32 Å². The molecule has 1 N–H and O–H groups in total. The number of nitrogens with zero attached hydrogens (tertiary/aromatic N) is 4. The average molecular weight is 429 g/mol. The first kappa shape index (κ1) is 20.2. The Balaban J connectivity index is 1.46. The number of rotatable bonds is 4. The van der Waals surface area contributed by atoms with Crippen LogP contribution in [0.4, 0.5) is 10.2 Å². The third-order valence-corrected chi connectivity index (χ3v) is 6.18. The molecule has 5 rings (SSSR count). The number of anilines is 1. The maximum Gasteiger partial charge on any atom is 0.260 e. The zero-order chi connectivity index (χ0) is 22.2. The second kappa shape index (κ2) is 8.07. The molecule has 2 aromatic heterocycles. The van der Waals surface area contributed by atoms with Crippen molar-refractivity contribution >= 4 is 11.7 Å². The lowest BCUT2D eigenvalue weighted by Gasteiger charge is -2.27. The number of hydrogen-bond donors (Lipinski definition) is 1. The van der Waals surface area contributed by atoms with E-state index in [9.17, 15) is 9.18 Å². The van der Waals surface area contributed by atoms with Gasteiger partial charge in [-0.05, 0) is 56.4 Å². The summed E-state index contributed by atoms with van der Waals surface area (Å²) in [5, 5.41) is 11.9. The molecule has 32 heavy (non-hydrogen) atoms. The summed E-state index contributed by atoms with van der Waals surface area (Å²) < 4.78 is 17.6. The highest BCUT2D eigenvalue weighted by Gasteiger charge is 2.26. The fraction of sp³-hybridized carbons (Fsp3) is 0.240. The molecule has 0 bridgehead atoms. The number of hydrogen-bond acceptors (Lipinski definition) is 3. The second-order valence-electron chi connectivity index (χ2n) is 8.19. The number of amides is 1. The number of nitrogens with one attached hydrogen (secondary N) is 1. The van der Waals surface area contributed by atoms with Crippen molar-refractivity contribution in [2.45, 2.75) is 39.2 Å². The smallest absolute Gasteiger partial charge is 0.260 e. The van der Waals surface area contributed by atoms with Gasteiger partial charge in [0.2, 0.25) is 0 Å². The molecule has 4 aromatic rings. The average Bonchev–Trinajstić information content (AvgIpc) is 3.36. The first-order valence-corrected chi connectivity index (χ1v) is 10.8. The van der Waals surface area contributed by atoms with Crippen molar-refractivity contribution in [3.05, 3.63) is 94.7 Å². The number of benzene rings is 2. The Morgan fingerprint density at radius 1 is 1.06 bits per heavy atom. The van der Waals surface area contributed by atoms with Crippen LogP contribution in [0.25, 0.3) is 5.69 Å². The van der Waals surface area contributed by atoms with Gasteiger partial charge in [-0.3, -0.25) is 4.79 Å². The normalized spacial score (nSPS) is 15.4. The molecule has 0 radical (unpaired) electrons. The van der Waals surface area contributed by atoms with Crippen LogP contribution in [-0.4, -0.2) is 25.5 Å². The number of carbonyl (C=O) groups excluding carboxylic acids is 1. The van der Waals surface area contributed by atoms with Gasteiger partial charge in [-0.25, -0.2) is 13.8 Å². The Bertz CT molecular complexity index is 1310. The number of carbonyl (C=O) groups is 1. The van der Waals surface area contributed by atoms with E-state index in [0.29, 0.717) is 22.8 Å². The molecule has 0 fully saturated rings. The largest absolute Gasteiger partial charge is 0.306 e. The lowest BCUT2D eigenvalue weighted by atomic mass is 9.88. The van der Waals surface area contributed by atoms with Crippen LogP contribution in [0.5, 0.6) is 0 Å². The van der Waals surface area contributed by atoms with Crippen molar-refractivity contribution in [2.24, 2.45) is 0 Å². The summed E-state index contributed by atoms with van der Waals surface area (Å²) in [4.78, 5) is 13.2. The van der Waals surface area contributed by atoms with Crippen molar-refractivity contribution in [2.75, 3.05) is 5.32 Å². The maximum atomic E-state index is 14.2. The Morgan fingerprint density at radius 3 is 2.69 bits per heavy atom. The van der Waals surface area contributed by atoms with Crippen LogP contribution in [0.2, 0.25) is 0 Å². The maximum absolute atomic E-state index is 14.2. The Kier molecular flexibility index (Phi) is 5.09. The van der Waals surface area contributed by atoms with Crippen molar-refractivity contribution < 1.29 is 9.18 Å². The molecule has 1 unspecified atom stereocenters. The molecular weight excluding hydrogens is 405 g/mol. The lowest BCUT2D eigenvalue weighted by molar-refractivity contribution is 0.102. The Hall–Kier alpha value is -3.74. The van der Waals surface area contributed by atoms with E-state index in [2.05, 4.69) is 33.7 Å². The molecule has 0 saturated carbocycles. The summed E-state index contributed by atoms with van der Waals surface area (Å²) in [5.74, 6) is -0.00989. The third-order valence-electron chi connectivity index (χ3n) is 6.18. The van der Waals surface area contributed by atoms with Gasteiger partial charge in [0.05, 0.1) is 29.7 Å². The lowest BCUT2D eigenvalue weighted by Crippen LogP contribution is -2.23. The summed E-state index contributed by atoms with van der Waals surface area (Å²) >= 11 is 0. The quantitative estimate of drug-likeness (QED) is 0.496. The molecule has 1 atom stereocenters. The number of para-hydroxylation sites is 1. The van der Waals surface area contributed by atoms with Crippen LogP contribution < -0.4 is 5.32 Å². The van der Waals surface area contributed by atoms with Crippen LogP contribution in [0.1, 0.15) is 51.6 Å². The standard InChI is InChI=1S/C25H24FN5O/c1-16-14-27-31(22-13-7-9-18-8-3-4-10-19(18)22)24(16)29-25(32)20-15-28-30(17(20)2)23-12-6-5-11-21(23)26/h3-6,8,10-12,14-15,22H,7,9,13H2,1-2H3,(H,29,32). The van der Waals surface area contributed by atoms with E-state index in [1.165, 1.54) is 28.1 Å². The molecule has 0 saturated heterocycles. The van der Waals surface area contributed by atoms with Gasteiger partial charge in [0.1, 0.15) is 17.3 Å². The van der Waals surface area contributed by atoms with Crippen molar-refractivity contribution in [3.8, 4) is 5.69 Å². The molecule has 1 aliphatic rings. The SMILES string of the molecule is Cc1cnn(C2CCCc3ccccc32)c1NC(=O)c1cnn(-c2ccccc2F)c1C. The van der Waals surface area contributed by atoms with Gasteiger partial charge in [0.25, 0.3) is 5.91 Å². The van der Waals surface area contributed by atoms with Gasteiger partial charge in [0, 0.05) is 5.56 Å². The van der Waals surface area contributed by atoms with E-state index in [4.69, 9.17) is 0 Å². The first-order valence-electron chi connectivity index (χ1n) is 10.8. The van der Waals surface area contributed by atoms with Crippen LogP contribution in [0.15, 0.2) is 60.9 Å². The second-order valence-corrected chi connectivity index (χ2v) is 8.19. The first-order chi connectivity index (χ1) is 15.5. The van der Waals surface area contributed by atoms with Crippen molar-refractivity contribution in [3.63, 3.8) is 0 Å². The van der Waals surface area contributed by atoms with Crippen molar-refractivity contribution in [1.29, 1.82) is 0 Å². The molecule has 2 aromatic carbocycles. The van der Waals surface area contributed by atoms with Crippen LogP contribution >= 0.6 is 0 Å². The molecule has 162 valence electrons. The molecule has 6 nitrogen and oxygen atoms in total. The molecule has 2 heterocycles. The summed E-state index contributed by atoms with van der Waals surface area (Å²) in [6, 6.07) is 14.9. The zero-order valence-electron chi connectivity index (χ0n) is 18.0. The minimum atomic E-state index is -0.393. The predicted molar refractivity (Wildman–Crippen MR) is 121 cm³/mol. The van der Waals surface area contributed by atoms with E-state index >= 15 is 0 Å². The van der Waals surface area contributed by atoms with E-state index in [0.717, 1.165) is 24.8 Å². The number of aromatic nitrogens is 4. The molecular formula is C25H24FN5O. The predicted octanol–water partition coefficient (Wildman–Crippen LogP) is 5.00. The van der Waals surface area contributed by atoms with E-state index < -0.39 is 5.82 Å². The van der Waals surface area contributed by atoms with E-state index in [1.54, 1.807) is 31.3 Å². The number of halogens is 1. The van der Waals surface area contributed by atoms with Crippen LogP contribution in [-0.2, 0) is 6.42 Å². The van der Waals surface area contributed by atoms with Gasteiger partial charge in [-0.15, -0.1) is 0 Å². The Morgan fingerprint density at radius 2 is 1.84 bits per heavy atom. The zero-order valence-corrected chi connectivity index (χ0v) is 18.0. The highest BCUT2D eigenvalue weighted by atomic mass is 19.1. The molecule has 1 aliphatic carbocycles. The van der Waals surface area contributed by atoms with Crippen LogP contribution in [0, 0.1) is 19.7 Å².